The second kappa shape index (κ2) is 12.9. The van der Waals surface area contributed by atoms with Gasteiger partial charge in [0, 0.05) is 11.6 Å². The summed E-state index contributed by atoms with van der Waals surface area (Å²) in [6, 6.07) is 2.56. The number of rotatable bonds is 14. The Labute approximate surface area is 131 Å². The molecule has 0 bridgehead atoms. The highest BCUT2D eigenvalue weighted by Gasteiger charge is 2.10. The summed E-state index contributed by atoms with van der Waals surface area (Å²) < 4.78 is 5.20. The summed E-state index contributed by atoms with van der Waals surface area (Å²) in [5.74, 6) is 0. The van der Waals surface area contributed by atoms with Crippen molar-refractivity contribution >= 4 is 0 Å². The van der Waals surface area contributed by atoms with Gasteiger partial charge in [-0.1, -0.05) is 78.1 Å². The first-order chi connectivity index (χ1) is 10.4. The molecular formula is C19H35NO. The fourth-order valence-corrected chi connectivity index (χ4v) is 2.94. The van der Waals surface area contributed by atoms with Gasteiger partial charge in [0.2, 0.25) is 0 Å². The van der Waals surface area contributed by atoms with Gasteiger partial charge in [0.05, 0.1) is 12.5 Å². The minimum Gasteiger partial charge on any atom is -0.472 e. The zero-order valence-electron chi connectivity index (χ0n) is 14.2. The molecule has 0 aliphatic carbocycles. The van der Waals surface area contributed by atoms with Crippen molar-refractivity contribution in [2.45, 2.75) is 90.5 Å². The van der Waals surface area contributed by atoms with Gasteiger partial charge >= 0.3 is 0 Å². The van der Waals surface area contributed by atoms with E-state index >= 15 is 0 Å². The lowest BCUT2D eigenvalue weighted by atomic mass is 10.0. The van der Waals surface area contributed by atoms with E-state index in [1.165, 1.54) is 76.2 Å². The minimum atomic E-state index is 0.475. The lowest BCUT2D eigenvalue weighted by Gasteiger charge is -2.16. The van der Waals surface area contributed by atoms with E-state index in [1.54, 1.807) is 6.26 Å². The van der Waals surface area contributed by atoms with Crippen LogP contribution >= 0.6 is 0 Å². The van der Waals surface area contributed by atoms with Crippen molar-refractivity contribution in [1.29, 1.82) is 0 Å². The molecule has 122 valence electrons. The zero-order chi connectivity index (χ0) is 15.2. The van der Waals surface area contributed by atoms with Crippen molar-refractivity contribution in [1.82, 2.24) is 5.32 Å². The van der Waals surface area contributed by atoms with E-state index in [-0.39, 0.29) is 0 Å². The lowest BCUT2D eigenvalue weighted by Crippen LogP contribution is -2.20. The molecule has 0 saturated carbocycles. The maximum atomic E-state index is 5.20. The van der Waals surface area contributed by atoms with Gasteiger partial charge in [0.1, 0.15) is 0 Å². The van der Waals surface area contributed by atoms with E-state index in [0.717, 1.165) is 6.54 Å². The van der Waals surface area contributed by atoms with Crippen LogP contribution in [0.2, 0.25) is 0 Å². The SMILES string of the molecule is CCCCCCCCCCCCC(NCC)c1ccoc1. The Hall–Kier alpha value is -0.760. The molecule has 0 amide bonds. The lowest BCUT2D eigenvalue weighted by molar-refractivity contribution is 0.467. The van der Waals surface area contributed by atoms with Crippen molar-refractivity contribution in [3.05, 3.63) is 24.2 Å². The van der Waals surface area contributed by atoms with Crippen molar-refractivity contribution in [3.8, 4) is 0 Å². The van der Waals surface area contributed by atoms with Gasteiger partial charge in [-0.3, -0.25) is 0 Å². The number of nitrogens with one attached hydrogen (secondary N) is 1. The van der Waals surface area contributed by atoms with Crippen LogP contribution in [0.3, 0.4) is 0 Å². The van der Waals surface area contributed by atoms with Gasteiger partial charge in [-0.25, -0.2) is 0 Å². The number of hydrogen-bond acceptors (Lipinski definition) is 2. The van der Waals surface area contributed by atoms with Crippen LogP contribution in [0.5, 0.6) is 0 Å². The molecule has 2 nitrogen and oxygen atoms in total. The molecule has 1 atom stereocenters. The van der Waals surface area contributed by atoms with Crippen LogP contribution in [0.4, 0.5) is 0 Å². The Bertz CT molecular complexity index is 307. The van der Waals surface area contributed by atoms with Gasteiger partial charge in [0.25, 0.3) is 0 Å². The highest BCUT2D eigenvalue weighted by atomic mass is 16.3. The van der Waals surface area contributed by atoms with E-state index in [1.807, 2.05) is 6.26 Å². The first kappa shape index (κ1) is 18.3. The van der Waals surface area contributed by atoms with E-state index < -0.39 is 0 Å². The second-order valence-electron chi connectivity index (χ2n) is 6.14. The highest BCUT2D eigenvalue weighted by molar-refractivity contribution is 5.11. The normalized spacial score (nSPS) is 12.7. The fraction of sp³-hybridized carbons (Fsp3) is 0.789. The average molecular weight is 293 g/mol. The molecule has 1 heterocycles. The van der Waals surface area contributed by atoms with Crippen molar-refractivity contribution in [2.75, 3.05) is 6.54 Å². The number of hydrogen-bond donors (Lipinski definition) is 1. The van der Waals surface area contributed by atoms with Crippen LogP contribution in [0.1, 0.15) is 96.1 Å². The quantitative estimate of drug-likeness (QED) is 0.411. The third-order valence-electron chi connectivity index (χ3n) is 4.24. The molecule has 1 aromatic heterocycles. The third kappa shape index (κ3) is 8.98. The van der Waals surface area contributed by atoms with E-state index in [4.69, 9.17) is 4.42 Å². The van der Waals surface area contributed by atoms with Crippen LogP contribution in [0, 0.1) is 0 Å². The number of furan rings is 1. The smallest absolute Gasteiger partial charge is 0.0950 e. The molecule has 0 aromatic carbocycles. The van der Waals surface area contributed by atoms with E-state index in [9.17, 15) is 0 Å². The standard InChI is InChI=1S/C19H35NO/c1-3-5-6-7-8-9-10-11-12-13-14-19(20-4-2)18-15-16-21-17-18/h15-17,19-20H,3-14H2,1-2H3. The number of unbranched alkanes of at least 4 members (excludes halogenated alkanes) is 9. The van der Waals surface area contributed by atoms with Crippen LogP contribution in [-0.2, 0) is 0 Å². The van der Waals surface area contributed by atoms with Crippen molar-refractivity contribution in [3.63, 3.8) is 0 Å². The Balaban J connectivity index is 1.97. The summed E-state index contributed by atoms with van der Waals surface area (Å²) in [6.45, 7) is 5.48. The van der Waals surface area contributed by atoms with Crippen LogP contribution in [-0.4, -0.2) is 6.54 Å². The maximum absolute atomic E-state index is 5.20. The molecule has 0 aliphatic rings. The van der Waals surface area contributed by atoms with Gasteiger partial charge in [-0.15, -0.1) is 0 Å². The Morgan fingerprint density at radius 3 is 2.05 bits per heavy atom. The molecular weight excluding hydrogens is 258 g/mol. The summed E-state index contributed by atoms with van der Waals surface area (Å²) in [5, 5.41) is 3.56. The Morgan fingerprint density at radius 1 is 0.905 bits per heavy atom. The average Bonchev–Trinajstić information content (AvgIpc) is 3.02. The Kier molecular flexibility index (Phi) is 11.3. The monoisotopic (exact) mass is 293 g/mol. The van der Waals surface area contributed by atoms with E-state index in [0.29, 0.717) is 6.04 Å². The van der Waals surface area contributed by atoms with E-state index in [2.05, 4.69) is 25.2 Å². The van der Waals surface area contributed by atoms with Crippen molar-refractivity contribution < 1.29 is 4.42 Å². The van der Waals surface area contributed by atoms with Gasteiger partial charge in [-0.2, -0.15) is 0 Å². The molecule has 0 radical (unpaired) electrons. The summed E-state index contributed by atoms with van der Waals surface area (Å²) >= 11 is 0. The minimum absolute atomic E-state index is 0.475. The summed E-state index contributed by atoms with van der Waals surface area (Å²) in [7, 11) is 0. The molecule has 1 rings (SSSR count). The zero-order valence-corrected chi connectivity index (χ0v) is 14.2. The summed E-state index contributed by atoms with van der Waals surface area (Å²) in [6.07, 6.45) is 18.9. The van der Waals surface area contributed by atoms with Gasteiger partial charge in [-0.05, 0) is 19.0 Å². The van der Waals surface area contributed by atoms with Crippen molar-refractivity contribution in [2.24, 2.45) is 0 Å². The Morgan fingerprint density at radius 2 is 1.52 bits per heavy atom. The third-order valence-corrected chi connectivity index (χ3v) is 4.24. The predicted molar refractivity (Wildman–Crippen MR) is 91.6 cm³/mol. The maximum Gasteiger partial charge on any atom is 0.0950 e. The molecule has 0 aliphatic heterocycles. The van der Waals surface area contributed by atoms with Crippen LogP contribution in [0.25, 0.3) is 0 Å². The molecule has 0 fully saturated rings. The molecule has 2 heteroatoms. The second-order valence-corrected chi connectivity index (χ2v) is 6.14. The molecule has 0 saturated heterocycles. The van der Waals surface area contributed by atoms with Crippen LogP contribution in [0.15, 0.2) is 23.0 Å². The summed E-state index contributed by atoms with van der Waals surface area (Å²) in [4.78, 5) is 0. The predicted octanol–water partition coefficient (Wildman–Crippen LogP) is 6.24. The van der Waals surface area contributed by atoms with Gasteiger partial charge < -0.3 is 9.73 Å². The molecule has 1 N–H and O–H groups in total. The first-order valence-electron chi connectivity index (χ1n) is 9.14. The van der Waals surface area contributed by atoms with Gasteiger partial charge in [0.15, 0.2) is 0 Å². The molecule has 1 unspecified atom stereocenters. The molecule has 0 spiro atoms. The molecule has 21 heavy (non-hydrogen) atoms. The topological polar surface area (TPSA) is 25.2 Å². The fourth-order valence-electron chi connectivity index (χ4n) is 2.94. The largest absolute Gasteiger partial charge is 0.472 e. The molecule has 1 aromatic rings. The van der Waals surface area contributed by atoms with Crippen LogP contribution < -0.4 is 5.32 Å². The summed E-state index contributed by atoms with van der Waals surface area (Å²) in [5.41, 5.74) is 1.30. The first-order valence-corrected chi connectivity index (χ1v) is 9.14. The highest BCUT2D eigenvalue weighted by Crippen LogP contribution is 2.21.